The first-order chi connectivity index (χ1) is 9.52. The number of nitrogens with two attached hydrogens (primary N) is 1. The van der Waals surface area contributed by atoms with Crippen LogP contribution in [-0.4, -0.2) is 37.0 Å². The number of benzene rings is 1. The fraction of sp³-hybridized carbons (Fsp3) is 0.571. The Bertz CT molecular complexity index is 602. The smallest absolute Gasteiger partial charge is 0.243 e. The monoisotopic (exact) mass is 296 g/mol. The zero-order valence-electron chi connectivity index (χ0n) is 11.3. The summed E-state index contributed by atoms with van der Waals surface area (Å²) in [6, 6.07) is 6.79. The molecule has 6 heteroatoms. The van der Waals surface area contributed by atoms with Crippen LogP contribution in [0.3, 0.4) is 0 Å². The van der Waals surface area contributed by atoms with E-state index in [0.717, 1.165) is 18.4 Å². The third-order valence-electron chi connectivity index (χ3n) is 4.56. The Morgan fingerprint density at radius 1 is 1.30 bits per heavy atom. The van der Waals surface area contributed by atoms with Crippen LogP contribution < -0.4 is 5.73 Å². The highest BCUT2D eigenvalue weighted by Crippen LogP contribution is 2.40. The summed E-state index contributed by atoms with van der Waals surface area (Å²) in [7, 11) is -3.47. The number of fused-ring (bicyclic) bond motifs is 1. The molecule has 3 N–H and O–H groups in total. The highest BCUT2D eigenvalue weighted by molar-refractivity contribution is 7.89. The number of aliphatic hydroxyl groups is 1. The van der Waals surface area contributed by atoms with Crippen LogP contribution in [0.1, 0.15) is 18.4 Å². The highest BCUT2D eigenvalue weighted by atomic mass is 32.2. The van der Waals surface area contributed by atoms with Crippen LogP contribution in [0, 0.1) is 11.8 Å². The maximum absolute atomic E-state index is 12.6. The molecule has 0 spiro atoms. The largest absolute Gasteiger partial charge is 0.393 e. The molecule has 1 aliphatic heterocycles. The summed E-state index contributed by atoms with van der Waals surface area (Å²) < 4.78 is 26.8. The first-order valence-electron chi connectivity index (χ1n) is 6.99. The average Bonchev–Trinajstić information content (AvgIpc) is 3.02. The lowest BCUT2D eigenvalue weighted by molar-refractivity contribution is 0.129. The first kappa shape index (κ1) is 14.0. The SMILES string of the molecule is NCc1cccc(S(=O)(=O)N2CC3CCC(O)C3C2)c1. The molecule has 3 unspecified atom stereocenters. The highest BCUT2D eigenvalue weighted by Gasteiger charge is 2.45. The summed E-state index contributed by atoms with van der Waals surface area (Å²) in [5.74, 6) is 0.403. The lowest BCUT2D eigenvalue weighted by atomic mass is 10.00. The summed E-state index contributed by atoms with van der Waals surface area (Å²) in [5.41, 5.74) is 6.38. The quantitative estimate of drug-likeness (QED) is 0.852. The molecule has 1 aromatic rings. The predicted octanol–water partition coefficient (Wildman–Crippen LogP) is 0.537. The van der Waals surface area contributed by atoms with Crippen molar-refractivity contribution < 1.29 is 13.5 Å². The molecule has 0 aromatic heterocycles. The number of nitrogens with zero attached hydrogens (tertiary/aromatic N) is 1. The standard InChI is InChI=1S/C14H20N2O3S/c15-7-10-2-1-3-12(6-10)20(18,19)16-8-11-4-5-14(17)13(11)9-16/h1-3,6,11,13-14,17H,4-5,7-9,15H2. The molecule has 1 saturated heterocycles. The molecule has 1 aliphatic carbocycles. The Balaban J connectivity index is 1.86. The van der Waals surface area contributed by atoms with E-state index in [1.165, 1.54) is 4.31 Å². The third-order valence-corrected chi connectivity index (χ3v) is 6.39. The van der Waals surface area contributed by atoms with E-state index in [4.69, 9.17) is 5.73 Å². The van der Waals surface area contributed by atoms with Crippen molar-refractivity contribution in [3.8, 4) is 0 Å². The second-order valence-electron chi connectivity index (χ2n) is 5.74. The minimum absolute atomic E-state index is 0.0995. The van der Waals surface area contributed by atoms with Gasteiger partial charge in [-0.2, -0.15) is 4.31 Å². The Labute approximate surface area is 119 Å². The molecule has 20 heavy (non-hydrogen) atoms. The topological polar surface area (TPSA) is 83.6 Å². The van der Waals surface area contributed by atoms with Gasteiger partial charge < -0.3 is 10.8 Å². The Morgan fingerprint density at radius 3 is 2.80 bits per heavy atom. The first-order valence-corrected chi connectivity index (χ1v) is 8.43. The summed E-state index contributed by atoms with van der Waals surface area (Å²) in [6.45, 7) is 1.28. The summed E-state index contributed by atoms with van der Waals surface area (Å²) in [6.07, 6.45) is 1.36. The van der Waals surface area contributed by atoms with E-state index in [2.05, 4.69) is 0 Å². The maximum Gasteiger partial charge on any atom is 0.243 e. The van der Waals surface area contributed by atoms with Crippen molar-refractivity contribution in [1.82, 2.24) is 4.31 Å². The van der Waals surface area contributed by atoms with Crippen molar-refractivity contribution >= 4 is 10.0 Å². The van der Waals surface area contributed by atoms with E-state index in [-0.39, 0.29) is 12.0 Å². The molecule has 110 valence electrons. The van der Waals surface area contributed by atoms with Gasteiger partial charge in [0.05, 0.1) is 11.0 Å². The van der Waals surface area contributed by atoms with Gasteiger partial charge in [-0.05, 0) is 36.5 Å². The van der Waals surface area contributed by atoms with Crippen molar-refractivity contribution in [1.29, 1.82) is 0 Å². The number of hydrogen-bond acceptors (Lipinski definition) is 4. The van der Waals surface area contributed by atoms with E-state index in [1.807, 2.05) is 6.07 Å². The van der Waals surface area contributed by atoms with Crippen molar-refractivity contribution in [3.63, 3.8) is 0 Å². The molecule has 5 nitrogen and oxygen atoms in total. The van der Waals surface area contributed by atoms with Crippen LogP contribution in [0.25, 0.3) is 0 Å². The van der Waals surface area contributed by atoms with Crippen molar-refractivity contribution in [2.45, 2.75) is 30.4 Å². The molecule has 3 rings (SSSR count). The molecule has 1 heterocycles. The van der Waals surface area contributed by atoms with Gasteiger partial charge in [-0.15, -0.1) is 0 Å². The molecule has 1 saturated carbocycles. The van der Waals surface area contributed by atoms with Crippen molar-refractivity contribution in [2.75, 3.05) is 13.1 Å². The number of sulfonamides is 1. The number of hydrogen-bond donors (Lipinski definition) is 2. The number of rotatable bonds is 3. The van der Waals surface area contributed by atoms with Gasteiger partial charge in [0.15, 0.2) is 0 Å². The molecule has 3 atom stereocenters. The molecular formula is C14H20N2O3S. The van der Waals surface area contributed by atoms with Crippen LogP contribution in [0.2, 0.25) is 0 Å². The molecule has 1 aromatic carbocycles. The van der Waals surface area contributed by atoms with Crippen LogP contribution in [0.5, 0.6) is 0 Å². The molecule has 0 bridgehead atoms. The van der Waals surface area contributed by atoms with Crippen LogP contribution in [-0.2, 0) is 16.6 Å². The maximum atomic E-state index is 12.6. The zero-order chi connectivity index (χ0) is 14.3. The van der Waals surface area contributed by atoms with Crippen molar-refractivity contribution in [2.24, 2.45) is 17.6 Å². The van der Waals surface area contributed by atoms with Gasteiger partial charge >= 0.3 is 0 Å². The molecule has 0 radical (unpaired) electrons. The molecule has 2 aliphatic rings. The van der Waals surface area contributed by atoms with Gasteiger partial charge in [0.25, 0.3) is 0 Å². The average molecular weight is 296 g/mol. The second-order valence-corrected chi connectivity index (χ2v) is 7.68. The summed E-state index contributed by atoms with van der Waals surface area (Å²) in [4.78, 5) is 0.301. The van der Waals surface area contributed by atoms with E-state index in [1.54, 1.807) is 18.2 Å². The van der Waals surface area contributed by atoms with Crippen LogP contribution in [0.15, 0.2) is 29.2 Å². The summed E-state index contributed by atoms with van der Waals surface area (Å²) in [5, 5.41) is 9.90. The Kier molecular flexibility index (Phi) is 3.58. The summed E-state index contributed by atoms with van der Waals surface area (Å²) >= 11 is 0. The van der Waals surface area contributed by atoms with Crippen LogP contribution >= 0.6 is 0 Å². The lowest BCUT2D eigenvalue weighted by Gasteiger charge is -2.18. The predicted molar refractivity (Wildman–Crippen MR) is 75.3 cm³/mol. The lowest BCUT2D eigenvalue weighted by Crippen LogP contribution is -2.31. The Hall–Kier alpha value is -0.950. The van der Waals surface area contributed by atoms with Gasteiger partial charge in [-0.3, -0.25) is 0 Å². The van der Waals surface area contributed by atoms with Gasteiger partial charge in [-0.25, -0.2) is 8.42 Å². The molecule has 0 amide bonds. The Morgan fingerprint density at radius 2 is 2.10 bits per heavy atom. The third kappa shape index (κ3) is 2.26. The van der Waals surface area contributed by atoms with Gasteiger partial charge in [-0.1, -0.05) is 12.1 Å². The van der Waals surface area contributed by atoms with E-state index in [9.17, 15) is 13.5 Å². The van der Waals surface area contributed by atoms with Gasteiger partial charge in [0, 0.05) is 25.6 Å². The zero-order valence-corrected chi connectivity index (χ0v) is 12.1. The molecule has 2 fully saturated rings. The minimum Gasteiger partial charge on any atom is -0.393 e. The van der Waals surface area contributed by atoms with Crippen LogP contribution in [0.4, 0.5) is 0 Å². The second kappa shape index (κ2) is 5.11. The van der Waals surface area contributed by atoms with Crippen molar-refractivity contribution in [3.05, 3.63) is 29.8 Å². The molecular weight excluding hydrogens is 276 g/mol. The van der Waals surface area contributed by atoms with E-state index in [0.29, 0.717) is 30.4 Å². The normalized spacial score (nSPS) is 30.6. The number of aliphatic hydroxyl groups excluding tert-OH is 1. The minimum atomic E-state index is -3.47. The fourth-order valence-corrected chi connectivity index (χ4v) is 4.98. The van der Waals surface area contributed by atoms with Gasteiger partial charge in [0.1, 0.15) is 0 Å². The van der Waals surface area contributed by atoms with E-state index < -0.39 is 10.0 Å². The van der Waals surface area contributed by atoms with E-state index >= 15 is 0 Å². The van der Waals surface area contributed by atoms with Gasteiger partial charge in [0.2, 0.25) is 10.0 Å². The fourth-order valence-electron chi connectivity index (χ4n) is 3.37.